The standard InChI is InChI=1S/C27H24N2.C24H20N2O4S/c1-17-15-19(11-13-25(17)28)27(20-12-14-26(29)18(2)16-20)23-9-5-3-7-21(23)22-8-4-6-10-24(22)27;25-17-1-5-19(6-2-17)29-21-9-13-23(14-10-21)31(27,28)24-15-11-22(12-16-24)30-20-7-3-18(26)4-8-20/h3-16H,28-29H2,1-2H3;1-16H,25-26H2. The maximum absolute atomic E-state index is 12.9. The predicted octanol–water partition coefficient (Wildman–Crippen LogP) is 11.1. The number of benzene rings is 8. The van der Waals surface area contributed by atoms with Crippen molar-refractivity contribution in [1.82, 2.24) is 0 Å². The van der Waals surface area contributed by atoms with Crippen LogP contribution in [0.15, 0.2) is 192 Å². The van der Waals surface area contributed by atoms with Gasteiger partial charge >= 0.3 is 0 Å². The lowest BCUT2D eigenvalue weighted by atomic mass is 9.67. The van der Waals surface area contributed by atoms with E-state index < -0.39 is 15.3 Å². The molecule has 0 aromatic heterocycles. The Labute approximate surface area is 350 Å². The van der Waals surface area contributed by atoms with Crippen LogP contribution in [0.25, 0.3) is 11.1 Å². The van der Waals surface area contributed by atoms with E-state index in [0.717, 1.165) is 22.5 Å². The molecule has 0 saturated carbocycles. The Morgan fingerprint density at radius 1 is 0.417 bits per heavy atom. The van der Waals surface area contributed by atoms with E-state index in [9.17, 15) is 8.42 Å². The summed E-state index contributed by atoms with van der Waals surface area (Å²) < 4.78 is 37.3. The van der Waals surface area contributed by atoms with Crippen molar-refractivity contribution in [3.63, 3.8) is 0 Å². The molecule has 0 atom stereocenters. The van der Waals surface area contributed by atoms with Crippen molar-refractivity contribution in [3.05, 3.63) is 215 Å². The van der Waals surface area contributed by atoms with Crippen LogP contribution in [0.4, 0.5) is 22.7 Å². The molecule has 60 heavy (non-hydrogen) atoms. The predicted molar refractivity (Wildman–Crippen MR) is 242 cm³/mol. The summed E-state index contributed by atoms with van der Waals surface area (Å²) in [6.07, 6.45) is 0. The third kappa shape index (κ3) is 7.50. The normalized spacial score (nSPS) is 12.4. The highest BCUT2D eigenvalue weighted by Crippen LogP contribution is 2.56. The molecule has 0 aliphatic heterocycles. The van der Waals surface area contributed by atoms with Gasteiger partial charge in [-0.25, -0.2) is 8.42 Å². The van der Waals surface area contributed by atoms with Gasteiger partial charge in [-0.1, -0.05) is 72.8 Å². The van der Waals surface area contributed by atoms with Crippen LogP contribution >= 0.6 is 0 Å². The lowest BCUT2D eigenvalue weighted by Gasteiger charge is -2.34. The number of aryl methyl sites for hydroxylation is 2. The summed E-state index contributed by atoms with van der Waals surface area (Å²) in [5.41, 5.74) is 36.0. The van der Waals surface area contributed by atoms with Gasteiger partial charge in [0.15, 0.2) is 0 Å². The largest absolute Gasteiger partial charge is 0.457 e. The molecule has 8 nitrogen and oxygen atoms in total. The first-order valence-electron chi connectivity index (χ1n) is 19.4. The van der Waals surface area contributed by atoms with Gasteiger partial charge in [0.05, 0.1) is 15.2 Å². The van der Waals surface area contributed by atoms with E-state index in [4.69, 9.17) is 32.4 Å². The molecule has 0 amide bonds. The molecule has 0 saturated heterocycles. The van der Waals surface area contributed by atoms with Gasteiger partial charge in [-0.05, 0) is 168 Å². The number of sulfone groups is 1. The average Bonchev–Trinajstić information content (AvgIpc) is 3.56. The molecule has 8 aromatic carbocycles. The minimum Gasteiger partial charge on any atom is -0.457 e. The SMILES string of the molecule is Cc1cc(C2(c3ccc(N)c(C)c3)c3ccccc3-c3ccccc32)ccc1N.Nc1ccc(Oc2ccc(S(=O)(=O)c3ccc(Oc4ccc(N)cc4)cc3)cc2)cc1. The molecule has 0 unspecified atom stereocenters. The van der Waals surface area contributed by atoms with Crippen LogP contribution < -0.4 is 32.4 Å². The Hall–Kier alpha value is -7.49. The van der Waals surface area contributed by atoms with Gasteiger partial charge in [0, 0.05) is 22.7 Å². The lowest BCUT2D eigenvalue weighted by molar-refractivity contribution is 0.482. The fourth-order valence-corrected chi connectivity index (χ4v) is 8.96. The molecule has 298 valence electrons. The van der Waals surface area contributed by atoms with Gasteiger partial charge in [0.2, 0.25) is 9.84 Å². The summed E-state index contributed by atoms with van der Waals surface area (Å²) in [5.74, 6) is 2.27. The number of nitrogens with two attached hydrogens (primary N) is 4. The summed E-state index contributed by atoms with van der Waals surface area (Å²) in [5, 5.41) is 0. The number of nitrogen functional groups attached to an aromatic ring is 4. The Morgan fingerprint density at radius 3 is 1.10 bits per heavy atom. The minimum atomic E-state index is -3.67. The van der Waals surface area contributed by atoms with E-state index in [1.807, 2.05) is 12.1 Å². The number of rotatable bonds is 8. The molecule has 1 aliphatic rings. The molecular weight excluding hydrogens is 765 g/mol. The van der Waals surface area contributed by atoms with Gasteiger partial charge in [0.25, 0.3) is 0 Å². The van der Waals surface area contributed by atoms with Gasteiger partial charge in [-0.2, -0.15) is 0 Å². The first-order chi connectivity index (χ1) is 28.9. The highest BCUT2D eigenvalue weighted by atomic mass is 32.2. The zero-order chi connectivity index (χ0) is 42.0. The monoisotopic (exact) mass is 808 g/mol. The maximum atomic E-state index is 12.9. The smallest absolute Gasteiger partial charge is 0.206 e. The van der Waals surface area contributed by atoms with Gasteiger partial charge in [0.1, 0.15) is 23.0 Å². The third-order valence-corrected chi connectivity index (χ3v) is 12.6. The number of fused-ring (bicyclic) bond motifs is 3. The molecule has 0 radical (unpaired) electrons. The minimum absolute atomic E-state index is 0.171. The van der Waals surface area contributed by atoms with Crippen molar-refractivity contribution in [1.29, 1.82) is 0 Å². The number of ether oxygens (including phenoxy) is 2. The van der Waals surface area contributed by atoms with Gasteiger partial charge < -0.3 is 32.4 Å². The number of anilines is 4. The topological polar surface area (TPSA) is 157 Å². The molecule has 0 fully saturated rings. The van der Waals surface area contributed by atoms with E-state index in [1.165, 1.54) is 57.6 Å². The van der Waals surface area contributed by atoms with Crippen LogP contribution in [0.2, 0.25) is 0 Å². The number of hydrogen-bond donors (Lipinski definition) is 4. The number of hydrogen-bond acceptors (Lipinski definition) is 8. The van der Waals surface area contributed by atoms with Crippen LogP contribution in [0.5, 0.6) is 23.0 Å². The Kier molecular flexibility index (Phi) is 10.5. The van der Waals surface area contributed by atoms with E-state index >= 15 is 0 Å². The van der Waals surface area contributed by atoms with Gasteiger partial charge in [-0.15, -0.1) is 0 Å². The highest BCUT2D eigenvalue weighted by Gasteiger charge is 2.46. The molecule has 0 spiro atoms. The summed E-state index contributed by atoms with van der Waals surface area (Å²) in [6, 6.07) is 56.8. The zero-order valence-corrected chi connectivity index (χ0v) is 34.0. The van der Waals surface area contributed by atoms with Crippen LogP contribution in [0.3, 0.4) is 0 Å². The van der Waals surface area contributed by atoms with Crippen LogP contribution in [-0.2, 0) is 15.3 Å². The van der Waals surface area contributed by atoms with E-state index in [1.54, 1.807) is 72.8 Å². The second kappa shape index (κ2) is 16.0. The maximum Gasteiger partial charge on any atom is 0.206 e. The molecule has 8 N–H and O–H groups in total. The van der Waals surface area contributed by atoms with E-state index in [0.29, 0.717) is 34.4 Å². The third-order valence-electron chi connectivity index (χ3n) is 10.9. The molecule has 9 rings (SSSR count). The summed E-state index contributed by atoms with van der Waals surface area (Å²) >= 11 is 0. The Bertz CT molecular complexity index is 2740. The second-order valence-corrected chi connectivity index (χ2v) is 16.7. The fourth-order valence-electron chi connectivity index (χ4n) is 7.70. The van der Waals surface area contributed by atoms with Crippen LogP contribution in [0.1, 0.15) is 33.4 Å². The van der Waals surface area contributed by atoms with Crippen molar-refractivity contribution in [2.24, 2.45) is 0 Å². The molecule has 8 aromatic rings. The first-order valence-corrected chi connectivity index (χ1v) is 20.9. The molecule has 0 heterocycles. The summed E-state index contributed by atoms with van der Waals surface area (Å²) in [6.45, 7) is 4.15. The average molecular weight is 809 g/mol. The fraction of sp³-hybridized carbons (Fsp3) is 0.0588. The van der Waals surface area contributed by atoms with Crippen molar-refractivity contribution in [2.45, 2.75) is 29.1 Å². The van der Waals surface area contributed by atoms with Crippen molar-refractivity contribution >= 4 is 32.6 Å². The van der Waals surface area contributed by atoms with Crippen molar-refractivity contribution in [3.8, 4) is 34.1 Å². The van der Waals surface area contributed by atoms with Crippen molar-refractivity contribution < 1.29 is 17.9 Å². The first kappa shape index (κ1) is 39.3. The Balaban J connectivity index is 0.000000167. The molecule has 0 bridgehead atoms. The van der Waals surface area contributed by atoms with Crippen LogP contribution in [0, 0.1) is 13.8 Å². The van der Waals surface area contributed by atoms with Crippen LogP contribution in [-0.4, -0.2) is 8.42 Å². The zero-order valence-electron chi connectivity index (χ0n) is 33.2. The Morgan fingerprint density at radius 2 is 0.750 bits per heavy atom. The van der Waals surface area contributed by atoms with E-state index in [2.05, 4.69) is 86.6 Å². The summed E-state index contributed by atoms with van der Waals surface area (Å²) in [4.78, 5) is 0.341. The summed E-state index contributed by atoms with van der Waals surface area (Å²) in [7, 11) is -3.67. The molecule has 9 heteroatoms. The highest BCUT2D eigenvalue weighted by molar-refractivity contribution is 7.91. The quantitative estimate of drug-likeness (QED) is 0.111. The van der Waals surface area contributed by atoms with Crippen molar-refractivity contribution in [2.75, 3.05) is 22.9 Å². The van der Waals surface area contributed by atoms with E-state index in [-0.39, 0.29) is 9.79 Å². The molecule has 1 aliphatic carbocycles. The molecular formula is C51H44N4O4S. The lowest BCUT2D eigenvalue weighted by Crippen LogP contribution is -2.29. The van der Waals surface area contributed by atoms with Gasteiger partial charge in [-0.3, -0.25) is 0 Å². The second-order valence-electron chi connectivity index (χ2n) is 14.8.